The van der Waals surface area contributed by atoms with Crippen LogP contribution < -0.4 is 4.90 Å². The molecule has 1 aliphatic rings. The number of carbonyl (C=O) groups is 1. The van der Waals surface area contributed by atoms with Crippen molar-refractivity contribution in [2.45, 2.75) is 45.1 Å². The van der Waals surface area contributed by atoms with Crippen molar-refractivity contribution in [1.29, 1.82) is 0 Å². The fourth-order valence-electron chi connectivity index (χ4n) is 3.52. The summed E-state index contributed by atoms with van der Waals surface area (Å²) in [6.45, 7) is 8.21. The third-order valence-corrected chi connectivity index (χ3v) is 4.79. The number of benzene rings is 2. The zero-order chi connectivity index (χ0) is 19.1. The van der Waals surface area contributed by atoms with E-state index in [-0.39, 0.29) is 11.8 Å². The number of likely N-dealkylation sites (N-methyl/N-ethyl adjacent to an activating group) is 1. The van der Waals surface area contributed by atoms with Gasteiger partial charge in [0.2, 0.25) is 0 Å². The summed E-state index contributed by atoms with van der Waals surface area (Å²) in [6.07, 6.45) is 0.727. The van der Waals surface area contributed by atoms with Gasteiger partial charge in [0.1, 0.15) is 16.8 Å². The molecule has 0 unspecified atom stereocenters. The van der Waals surface area contributed by atoms with E-state index in [4.69, 9.17) is 4.74 Å². The number of fused-ring (bicyclic) bond motifs is 1. The van der Waals surface area contributed by atoms with E-state index in [1.807, 2.05) is 46.9 Å². The van der Waals surface area contributed by atoms with Crippen molar-refractivity contribution in [1.82, 2.24) is 0 Å². The molecular weight excluding hydrogens is 329 g/mol. The second-order valence-corrected chi connectivity index (χ2v) is 8.34. The molecule has 0 amide bonds. The van der Waals surface area contributed by atoms with Crippen LogP contribution in [-0.2, 0) is 21.4 Å². The van der Waals surface area contributed by atoms with E-state index in [1.165, 1.54) is 12.1 Å². The van der Waals surface area contributed by atoms with Gasteiger partial charge in [0.15, 0.2) is 0 Å². The Morgan fingerprint density at radius 2 is 1.77 bits per heavy atom. The van der Waals surface area contributed by atoms with E-state index in [1.54, 1.807) is 12.1 Å². The smallest absolute Gasteiger partial charge is 0.318 e. The third kappa shape index (κ3) is 3.59. The molecule has 0 radical (unpaired) electrons. The Morgan fingerprint density at radius 3 is 2.38 bits per heavy atom. The number of rotatable bonds is 3. The summed E-state index contributed by atoms with van der Waals surface area (Å²) < 4.78 is 18.8. The molecular formula is C22H26FNO2. The summed E-state index contributed by atoms with van der Waals surface area (Å²) in [4.78, 5) is 14.9. The molecule has 3 rings (SSSR count). The molecule has 0 spiro atoms. The fourth-order valence-corrected chi connectivity index (χ4v) is 3.52. The number of esters is 1. The molecule has 0 aliphatic carbocycles. The van der Waals surface area contributed by atoms with Crippen LogP contribution in [0.1, 0.15) is 44.4 Å². The highest BCUT2D eigenvalue weighted by Crippen LogP contribution is 2.42. The number of ether oxygens (including phenoxy) is 1. The Balaban J connectivity index is 1.88. The van der Waals surface area contributed by atoms with Gasteiger partial charge in [-0.1, -0.05) is 24.3 Å². The molecule has 0 saturated heterocycles. The average Bonchev–Trinajstić information content (AvgIpc) is 2.80. The lowest BCUT2D eigenvalue weighted by molar-refractivity contribution is -0.160. The first kappa shape index (κ1) is 18.4. The zero-order valence-electron chi connectivity index (χ0n) is 16.1. The Kier molecular flexibility index (Phi) is 4.55. The molecule has 3 nitrogen and oxygen atoms in total. The predicted molar refractivity (Wildman–Crippen MR) is 102 cm³/mol. The van der Waals surface area contributed by atoms with E-state index < -0.39 is 11.0 Å². The molecule has 4 heteroatoms. The van der Waals surface area contributed by atoms with Crippen molar-refractivity contribution in [2.24, 2.45) is 0 Å². The molecule has 2 aromatic rings. The zero-order valence-corrected chi connectivity index (χ0v) is 16.1. The molecule has 0 N–H and O–H groups in total. The lowest BCUT2D eigenvalue weighted by atomic mass is 9.83. The fraction of sp³-hybridized carbons (Fsp3) is 0.409. The molecule has 0 saturated carbocycles. The summed E-state index contributed by atoms with van der Waals surface area (Å²) in [5, 5.41) is 0. The quantitative estimate of drug-likeness (QED) is 0.761. The number of hydrogen-bond donors (Lipinski definition) is 0. The topological polar surface area (TPSA) is 29.5 Å². The van der Waals surface area contributed by atoms with Crippen LogP contribution in [0.4, 0.5) is 10.1 Å². The molecule has 26 heavy (non-hydrogen) atoms. The Hall–Kier alpha value is -2.36. The second-order valence-electron chi connectivity index (χ2n) is 8.34. The van der Waals surface area contributed by atoms with Gasteiger partial charge in [-0.2, -0.15) is 0 Å². The van der Waals surface area contributed by atoms with E-state index in [9.17, 15) is 9.18 Å². The summed E-state index contributed by atoms with van der Waals surface area (Å²) in [5.74, 6) is -0.419. The molecule has 0 fully saturated rings. The lowest BCUT2D eigenvalue weighted by Crippen LogP contribution is -2.41. The number of halogens is 1. The van der Waals surface area contributed by atoms with Gasteiger partial charge in [-0.25, -0.2) is 4.39 Å². The first-order valence-corrected chi connectivity index (χ1v) is 8.91. The molecule has 1 heterocycles. The average molecular weight is 355 g/mol. The maximum atomic E-state index is 13.1. The van der Waals surface area contributed by atoms with Crippen molar-refractivity contribution in [2.75, 3.05) is 18.5 Å². The number of hydrogen-bond acceptors (Lipinski definition) is 3. The van der Waals surface area contributed by atoms with E-state index in [2.05, 4.69) is 11.0 Å². The minimum absolute atomic E-state index is 0.193. The number of carbonyl (C=O) groups excluding carboxylic acids is 1. The van der Waals surface area contributed by atoms with Crippen molar-refractivity contribution < 1.29 is 13.9 Å². The highest BCUT2D eigenvalue weighted by atomic mass is 19.1. The second kappa shape index (κ2) is 6.42. The predicted octanol–water partition coefficient (Wildman–Crippen LogP) is 4.47. The van der Waals surface area contributed by atoms with Crippen LogP contribution >= 0.6 is 0 Å². The van der Waals surface area contributed by atoms with Crippen LogP contribution in [0.3, 0.4) is 0 Å². The molecule has 1 aliphatic heterocycles. The van der Waals surface area contributed by atoms with E-state index in [0.29, 0.717) is 6.54 Å². The Bertz CT molecular complexity index is 823. The maximum absolute atomic E-state index is 13.1. The van der Waals surface area contributed by atoms with E-state index >= 15 is 0 Å². The van der Waals surface area contributed by atoms with Gasteiger partial charge >= 0.3 is 5.97 Å². The van der Waals surface area contributed by atoms with Gasteiger partial charge in [-0.15, -0.1) is 0 Å². The summed E-state index contributed by atoms with van der Waals surface area (Å²) in [5.41, 5.74) is 3.06. The van der Waals surface area contributed by atoms with Gasteiger partial charge in [0.05, 0.1) is 0 Å². The molecule has 1 atom stereocenters. The number of anilines is 1. The van der Waals surface area contributed by atoms with Crippen LogP contribution in [0.2, 0.25) is 0 Å². The van der Waals surface area contributed by atoms with Crippen molar-refractivity contribution in [3.05, 3.63) is 65.0 Å². The maximum Gasteiger partial charge on any atom is 0.318 e. The van der Waals surface area contributed by atoms with Crippen molar-refractivity contribution >= 4 is 11.7 Å². The molecule has 0 aromatic heterocycles. The minimum atomic E-state index is -0.675. The van der Waals surface area contributed by atoms with Crippen LogP contribution in [-0.4, -0.2) is 25.2 Å². The summed E-state index contributed by atoms with van der Waals surface area (Å²) in [7, 11) is 2.00. The van der Waals surface area contributed by atoms with Gasteiger partial charge in [0, 0.05) is 19.3 Å². The lowest BCUT2D eigenvalue weighted by Gasteiger charge is -2.28. The SMILES string of the molecule is CN1C[C@@](C)(C(=O)OC(C)(C)C)c2ccc(Cc3ccc(F)cc3)cc21. The van der Waals surface area contributed by atoms with Crippen molar-refractivity contribution in [3.63, 3.8) is 0 Å². The standard InChI is InChI=1S/C22H26FNO2/c1-21(2,3)26-20(25)22(4)14-24(5)19-13-16(8-11-18(19)22)12-15-6-9-17(23)10-7-15/h6-11,13H,12,14H2,1-5H3/t22-/m1/s1. The molecule has 0 bridgehead atoms. The van der Waals surface area contributed by atoms with Crippen LogP contribution in [0.15, 0.2) is 42.5 Å². The normalized spacial score (nSPS) is 19.4. The van der Waals surface area contributed by atoms with Crippen LogP contribution in [0.25, 0.3) is 0 Å². The monoisotopic (exact) mass is 355 g/mol. The summed E-state index contributed by atoms with van der Waals surface area (Å²) in [6, 6.07) is 12.8. The third-order valence-electron chi connectivity index (χ3n) is 4.79. The van der Waals surface area contributed by atoms with Gasteiger partial charge < -0.3 is 9.64 Å². The molecule has 2 aromatic carbocycles. The highest BCUT2D eigenvalue weighted by molar-refractivity contribution is 5.89. The van der Waals surface area contributed by atoms with E-state index in [0.717, 1.165) is 28.8 Å². The largest absolute Gasteiger partial charge is 0.459 e. The Labute approximate surface area is 154 Å². The highest BCUT2D eigenvalue weighted by Gasteiger charge is 2.46. The van der Waals surface area contributed by atoms with Gasteiger partial charge in [0.25, 0.3) is 0 Å². The summed E-state index contributed by atoms with van der Waals surface area (Å²) >= 11 is 0. The Morgan fingerprint density at radius 1 is 1.15 bits per heavy atom. The molecule has 138 valence electrons. The first-order chi connectivity index (χ1) is 12.1. The van der Waals surface area contributed by atoms with Crippen molar-refractivity contribution in [3.8, 4) is 0 Å². The van der Waals surface area contributed by atoms with Crippen LogP contribution in [0, 0.1) is 5.82 Å². The van der Waals surface area contributed by atoms with Crippen LogP contribution in [0.5, 0.6) is 0 Å². The number of nitrogens with zero attached hydrogens (tertiary/aromatic N) is 1. The van der Waals surface area contributed by atoms with Gasteiger partial charge in [-0.3, -0.25) is 4.79 Å². The van der Waals surface area contributed by atoms with Gasteiger partial charge in [-0.05, 0) is 69.0 Å². The first-order valence-electron chi connectivity index (χ1n) is 8.91. The minimum Gasteiger partial charge on any atom is -0.459 e.